The molecule has 1 aromatic heterocycles. The fraction of sp³-hybridized carbons (Fsp3) is 0.357. The first-order valence-electron chi connectivity index (χ1n) is 6.29. The van der Waals surface area contributed by atoms with Gasteiger partial charge in [0.15, 0.2) is 0 Å². The maximum atomic E-state index is 13.4. The number of benzene rings is 1. The highest BCUT2D eigenvalue weighted by Crippen LogP contribution is 2.28. The second-order valence-corrected chi connectivity index (χ2v) is 5.30. The molecule has 3 nitrogen and oxygen atoms in total. The predicted molar refractivity (Wildman–Crippen MR) is 77.4 cm³/mol. The Labute approximate surface area is 121 Å². The molecule has 5 heteroatoms. The molecular weight excluding hydrogens is 309 g/mol. The van der Waals surface area contributed by atoms with E-state index in [9.17, 15) is 4.39 Å². The maximum absolute atomic E-state index is 13.4. The van der Waals surface area contributed by atoms with Crippen LogP contribution in [-0.4, -0.2) is 16.3 Å². The van der Waals surface area contributed by atoms with Gasteiger partial charge in [-0.25, -0.2) is 4.39 Å². The van der Waals surface area contributed by atoms with Gasteiger partial charge in [0.05, 0.1) is 22.4 Å². The normalized spacial score (nSPS) is 12.6. The summed E-state index contributed by atoms with van der Waals surface area (Å²) >= 11 is 3.51. The summed E-state index contributed by atoms with van der Waals surface area (Å²) in [5, 5.41) is 7.67. The van der Waals surface area contributed by atoms with Gasteiger partial charge in [0.1, 0.15) is 5.82 Å². The van der Waals surface area contributed by atoms with Crippen molar-refractivity contribution in [2.75, 3.05) is 6.54 Å². The van der Waals surface area contributed by atoms with Crippen molar-refractivity contribution >= 4 is 15.9 Å². The van der Waals surface area contributed by atoms with E-state index in [2.05, 4.69) is 33.3 Å². The zero-order valence-electron chi connectivity index (χ0n) is 11.0. The van der Waals surface area contributed by atoms with Crippen molar-refractivity contribution < 1.29 is 4.39 Å². The van der Waals surface area contributed by atoms with Gasteiger partial charge >= 0.3 is 0 Å². The van der Waals surface area contributed by atoms with Crippen LogP contribution in [-0.2, 0) is 7.05 Å². The Morgan fingerprint density at radius 3 is 2.84 bits per heavy atom. The number of halogens is 2. The van der Waals surface area contributed by atoms with Gasteiger partial charge in [-0.15, -0.1) is 0 Å². The average Bonchev–Trinajstić information content (AvgIpc) is 2.71. The third-order valence-corrected chi connectivity index (χ3v) is 3.60. The smallest absolute Gasteiger partial charge is 0.123 e. The Hall–Kier alpha value is -1.20. The predicted octanol–water partition coefficient (Wildman–Crippen LogP) is 3.41. The number of rotatable bonds is 5. The molecule has 1 atom stereocenters. The molecule has 1 N–H and O–H groups in total. The van der Waals surface area contributed by atoms with Gasteiger partial charge in [-0.05, 0) is 46.6 Å². The van der Waals surface area contributed by atoms with Crippen LogP contribution in [0.25, 0.3) is 0 Å². The van der Waals surface area contributed by atoms with Crippen LogP contribution in [0.3, 0.4) is 0 Å². The van der Waals surface area contributed by atoms with Gasteiger partial charge < -0.3 is 5.32 Å². The van der Waals surface area contributed by atoms with Crippen LogP contribution in [0.4, 0.5) is 4.39 Å². The van der Waals surface area contributed by atoms with Crippen molar-refractivity contribution in [3.63, 3.8) is 0 Å². The van der Waals surface area contributed by atoms with Gasteiger partial charge in [-0.3, -0.25) is 4.68 Å². The summed E-state index contributed by atoms with van der Waals surface area (Å²) < 4.78 is 16.2. The van der Waals surface area contributed by atoms with E-state index in [1.54, 1.807) is 18.3 Å². The molecule has 0 aliphatic carbocycles. The highest BCUT2D eigenvalue weighted by Gasteiger charge is 2.20. The zero-order chi connectivity index (χ0) is 13.8. The monoisotopic (exact) mass is 325 g/mol. The average molecular weight is 326 g/mol. The Kier molecular flexibility index (Phi) is 4.71. The molecule has 0 bridgehead atoms. The summed E-state index contributed by atoms with van der Waals surface area (Å²) in [6, 6.07) is 6.61. The third-order valence-electron chi connectivity index (χ3n) is 2.99. The van der Waals surface area contributed by atoms with Gasteiger partial charge in [-0.1, -0.05) is 19.1 Å². The lowest BCUT2D eigenvalue weighted by Crippen LogP contribution is -2.25. The molecule has 0 fully saturated rings. The molecule has 0 radical (unpaired) electrons. The Balaban J connectivity index is 2.41. The van der Waals surface area contributed by atoms with Gasteiger partial charge in [0, 0.05) is 7.05 Å². The Morgan fingerprint density at radius 1 is 1.47 bits per heavy atom. The first-order valence-corrected chi connectivity index (χ1v) is 7.09. The molecule has 0 spiro atoms. The first-order chi connectivity index (χ1) is 9.13. The molecule has 102 valence electrons. The molecule has 1 aromatic carbocycles. The number of hydrogen-bond donors (Lipinski definition) is 1. The van der Waals surface area contributed by atoms with Crippen molar-refractivity contribution in [2.45, 2.75) is 19.4 Å². The topological polar surface area (TPSA) is 29.9 Å². The molecular formula is C14H17BrFN3. The fourth-order valence-corrected chi connectivity index (χ4v) is 2.67. The number of hydrogen-bond acceptors (Lipinski definition) is 2. The van der Waals surface area contributed by atoms with Crippen molar-refractivity contribution in [2.24, 2.45) is 7.05 Å². The van der Waals surface area contributed by atoms with E-state index in [-0.39, 0.29) is 11.9 Å². The summed E-state index contributed by atoms with van der Waals surface area (Å²) in [4.78, 5) is 0. The summed E-state index contributed by atoms with van der Waals surface area (Å²) in [6.07, 6.45) is 2.77. The molecule has 1 unspecified atom stereocenters. The van der Waals surface area contributed by atoms with E-state index in [4.69, 9.17) is 0 Å². The van der Waals surface area contributed by atoms with E-state index >= 15 is 0 Å². The Morgan fingerprint density at radius 2 is 2.26 bits per heavy atom. The highest BCUT2D eigenvalue weighted by molar-refractivity contribution is 9.10. The van der Waals surface area contributed by atoms with Crippen molar-refractivity contribution in [3.05, 3.63) is 52.0 Å². The second-order valence-electron chi connectivity index (χ2n) is 4.44. The SMILES string of the molecule is CCCNC(c1cccc(F)c1)c1c(Br)cnn1C. The molecule has 2 aromatic rings. The minimum atomic E-state index is -0.223. The molecule has 19 heavy (non-hydrogen) atoms. The van der Waals surface area contributed by atoms with Crippen molar-refractivity contribution in [3.8, 4) is 0 Å². The number of aryl methyl sites for hydroxylation is 1. The van der Waals surface area contributed by atoms with Crippen LogP contribution in [0.1, 0.15) is 30.6 Å². The van der Waals surface area contributed by atoms with Gasteiger partial charge in [0.2, 0.25) is 0 Å². The lowest BCUT2D eigenvalue weighted by atomic mass is 10.0. The van der Waals surface area contributed by atoms with E-state index in [1.165, 1.54) is 6.07 Å². The van der Waals surface area contributed by atoms with Crippen LogP contribution in [0.5, 0.6) is 0 Å². The van der Waals surface area contributed by atoms with E-state index in [0.29, 0.717) is 0 Å². The second kappa shape index (κ2) is 6.30. The van der Waals surface area contributed by atoms with Crippen molar-refractivity contribution in [1.82, 2.24) is 15.1 Å². The highest BCUT2D eigenvalue weighted by atomic mass is 79.9. The van der Waals surface area contributed by atoms with E-state index < -0.39 is 0 Å². The van der Waals surface area contributed by atoms with Gasteiger partial charge in [0.25, 0.3) is 0 Å². The number of nitrogens with zero attached hydrogens (tertiary/aromatic N) is 2. The van der Waals surface area contributed by atoms with E-state index in [1.807, 2.05) is 17.8 Å². The standard InChI is InChI=1S/C14H17BrFN3/c1-3-7-17-13(10-5-4-6-11(16)8-10)14-12(15)9-18-19(14)2/h4-6,8-9,13,17H,3,7H2,1-2H3. The number of aromatic nitrogens is 2. The van der Waals surface area contributed by atoms with Gasteiger partial charge in [-0.2, -0.15) is 5.10 Å². The molecule has 1 heterocycles. The molecule has 0 amide bonds. The zero-order valence-corrected chi connectivity index (χ0v) is 12.6. The fourth-order valence-electron chi connectivity index (χ4n) is 2.09. The molecule has 0 aliphatic rings. The third kappa shape index (κ3) is 3.22. The van der Waals surface area contributed by atoms with Crippen LogP contribution >= 0.6 is 15.9 Å². The van der Waals surface area contributed by atoms with Crippen molar-refractivity contribution in [1.29, 1.82) is 0 Å². The largest absolute Gasteiger partial charge is 0.305 e. The summed E-state index contributed by atoms with van der Waals surface area (Å²) in [7, 11) is 1.89. The van der Waals surface area contributed by atoms with E-state index in [0.717, 1.165) is 28.7 Å². The lowest BCUT2D eigenvalue weighted by molar-refractivity contribution is 0.546. The maximum Gasteiger partial charge on any atom is 0.123 e. The first kappa shape index (κ1) is 14.2. The molecule has 0 aliphatic heterocycles. The molecule has 2 rings (SSSR count). The quantitative estimate of drug-likeness (QED) is 0.912. The lowest BCUT2D eigenvalue weighted by Gasteiger charge is -2.20. The summed E-state index contributed by atoms with van der Waals surface area (Å²) in [6.45, 7) is 2.97. The minimum Gasteiger partial charge on any atom is -0.305 e. The molecule has 0 saturated carbocycles. The van der Waals surface area contributed by atoms with Crippen LogP contribution in [0, 0.1) is 5.82 Å². The molecule has 0 saturated heterocycles. The summed E-state index contributed by atoms with van der Waals surface area (Å²) in [5.41, 5.74) is 1.90. The number of nitrogens with one attached hydrogen (secondary N) is 1. The minimum absolute atomic E-state index is 0.0717. The Bertz CT molecular complexity index is 534. The summed E-state index contributed by atoms with van der Waals surface area (Å²) in [5.74, 6) is -0.223. The van der Waals surface area contributed by atoms with Crippen LogP contribution < -0.4 is 5.32 Å². The van der Waals surface area contributed by atoms with Crippen LogP contribution in [0.2, 0.25) is 0 Å². The van der Waals surface area contributed by atoms with Crippen LogP contribution in [0.15, 0.2) is 34.9 Å².